The van der Waals surface area contributed by atoms with Crippen molar-refractivity contribution < 1.29 is 4.42 Å². The average Bonchev–Trinajstić information content (AvgIpc) is 3.91. The third-order valence-corrected chi connectivity index (χ3v) is 12.6. The minimum absolute atomic E-state index is 0.638. The van der Waals surface area contributed by atoms with Crippen molar-refractivity contribution in [3.05, 3.63) is 218 Å². The summed E-state index contributed by atoms with van der Waals surface area (Å²) >= 11 is 0. The van der Waals surface area contributed by atoms with Crippen LogP contribution in [0, 0.1) is 0 Å². The summed E-state index contributed by atoms with van der Waals surface area (Å²) in [6.07, 6.45) is 0. The molecule has 9 aromatic carbocycles. The van der Waals surface area contributed by atoms with Crippen LogP contribution in [-0.4, -0.2) is 19.5 Å². The summed E-state index contributed by atoms with van der Waals surface area (Å²) < 4.78 is 8.99. The van der Waals surface area contributed by atoms with E-state index in [0.29, 0.717) is 5.82 Å². The van der Waals surface area contributed by atoms with Crippen molar-refractivity contribution in [3.8, 4) is 62.0 Å². The molecule has 0 fully saturated rings. The van der Waals surface area contributed by atoms with Gasteiger partial charge in [-0.2, -0.15) is 0 Å². The number of furan rings is 1. The Balaban J connectivity index is 0.993. The first-order valence-electron chi connectivity index (χ1n) is 21.6. The van der Waals surface area contributed by atoms with E-state index in [0.717, 1.165) is 99.8 Å². The van der Waals surface area contributed by atoms with Gasteiger partial charge in [0.15, 0.2) is 5.82 Å². The van der Waals surface area contributed by atoms with Crippen LogP contribution in [0.25, 0.3) is 127 Å². The van der Waals surface area contributed by atoms with Gasteiger partial charge >= 0.3 is 0 Å². The number of nitrogens with zero attached hydrogens (tertiary/aromatic N) is 4. The summed E-state index contributed by atoms with van der Waals surface area (Å²) in [5.74, 6) is 0.638. The van der Waals surface area contributed by atoms with Gasteiger partial charge in [0.25, 0.3) is 0 Å². The fourth-order valence-electron chi connectivity index (χ4n) is 9.70. The van der Waals surface area contributed by atoms with Gasteiger partial charge in [0.2, 0.25) is 0 Å². The Morgan fingerprint density at radius 3 is 1.62 bits per heavy atom. The van der Waals surface area contributed by atoms with Gasteiger partial charge in [0.1, 0.15) is 11.2 Å². The van der Waals surface area contributed by atoms with E-state index >= 15 is 0 Å². The molecule has 0 bridgehead atoms. The highest BCUT2D eigenvalue weighted by Gasteiger charge is 2.22. The number of benzene rings is 9. The van der Waals surface area contributed by atoms with Gasteiger partial charge in [-0.3, -0.25) is 0 Å². The zero-order valence-electron chi connectivity index (χ0n) is 34.5. The zero-order chi connectivity index (χ0) is 42.1. The number of hydrogen-bond acceptors (Lipinski definition) is 4. The maximum Gasteiger partial charge on any atom is 0.160 e. The first kappa shape index (κ1) is 36.0. The highest BCUT2D eigenvalue weighted by atomic mass is 16.3. The number of rotatable bonds is 6. The second-order valence-electron chi connectivity index (χ2n) is 16.3. The summed E-state index contributed by atoms with van der Waals surface area (Å²) in [5, 5.41) is 7.93. The van der Waals surface area contributed by atoms with Crippen molar-refractivity contribution in [2.45, 2.75) is 0 Å². The smallest absolute Gasteiger partial charge is 0.160 e. The van der Waals surface area contributed by atoms with Crippen molar-refractivity contribution in [2.24, 2.45) is 0 Å². The van der Waals surface area contributed by atoms with E-state index in [1.54, 1.807) is 0 Å². The summed E-state index contributed by atoms with van der Waals surface area (Å²) in [5.41, 5.74) is 14.8. The summed E-state index contributed by atoms with van der Waals surface area (Å²) in [4.78, 5) is 16.0. The molecule has 5 nitrogen and oxygen atoms in total. The largest absolute Gasteiger partial charge is 0.456 e. The van der Waals surface area contributed by atoms with Gasteiger partial charge in [0.05, 0.1) is 33.6 Å². The van der Waals surface area contributed by atoms with Crippen molar-refractivity contribution in [1.82, 2.24) is 19.5 Å². The molecule has 5 heteroatoms. The maximum atomic E-state index is 6.65. The summed E-state index contributed by atoms with van der Waals surface area (Å²) in [6.45, 7) is 0. The lowest BCUT2D eigenvalue weighted by atomic mass is 9.89. The fourth-order valence-corrected chi connectivity index (χ4v) is 9.70. The SMILES string of the molecule is c1ccc(-c2cc(-c3ccc(-n4c5ccccc5c5ccccc54)cc3)nc(-c3cccc(-c4nc5ccccc5c5c(-c6ccccc6)c6c(cc45)oc4ccccc46)c3)n2)cc1. The Morgan fingerprint density at radius 2 is 0.906 bits per heavy atom. The Bertz CT molecular complexity index is 3890. The van der Waals surface area contributed by atoms with Crippen LogP contribution in [0.2, 0.25) is 0 Å². The molecular weight excluding hydrogens is 781 g/mol. The van der Waals surface area contributed by atoms with Crippen LogP contribution in [0.1, 0.15) is 0 Å². The number of para-hydroxylation sites is 4. The van der Waals surface area contributed by atoms with Crippen molar-refractivity contribution >= 4 is 65.4 Å². The second-order valence-corrected chi connectivity index (χ2v) is 16.3. The molecule has 0 aliphatic heterocycles. The molecule has 4 aromatic heterocycles. The zero-order valence-corrected chi connectivity index (χ0v) is 34.5. The average molecular weight is 817 g/mol. The van der Waals surface area contributed by atoms with E-state index in [9.17, 15) is 0 Å². The molecule has 0 spiro atoms. The Kier molecular flexibility index (Phi) is 8.15. The van der Waals surface area contributed by atoms with Gasteiger partial charge in [-0.1, -0.05) is 164 Å². The molecule has 13 aromatic rings. The maximum absolute atomic E-state index is 6.65. The molecule has 0 atom stereocenters. The van der Waals surface area contributed by atoms with Crippen LogP contribution < -0.4 is 0 Å². The van der Waals surface area contributed by atoms with Crippen LogP contribution in [0.15, 0.2) is 223 Å². The standard InChI is InChI=1S/C59H36N4O/c1-3-16-37(17-4-1)49-36-50(38-30-32-42(33-31-38)63-51-27-12-8-22-43(51)44-23-9-13-28-52(44)63)62-59(61-49)41-21-15-20-40(34-41)58-47-35-54-57(46-25-10-14-29-53(46)64-54)55(39-18-5-2-6-19-39)56(47)45-24-7-11-26-48(45)60-58/h1-36H. The van der Waals surface area contributed by atoms with Crippen molar-refractivity contribution in [1.29, 1.82) is 0 Å². The van der Waals surface area contributed by atoms with Crippen LogP contribution in [0.3, 0.4) is 0 Å². The number of aromatic nitrogens is 4. The van der Waals surface area contributed by atoms with Gasteiger partial charge in [-0.25, -0.2) is 15.0 Å². The van der Waals surface area contributed by atoms with Crippen LogP contribution >= 0.6 is 0 Å². The van der Waals surface area contributed by atoms with E-state index in [1.807, 2.05) is 18.2 Å². The van der Waals surface area contributed by atoms with Crippen molar-refractivity contribution in [2.75, 3.05) is 0 Å². The monoisotopic (exact) mass is 816 g/mol. The molecule has 0 radical (unpaired) electrons. The van der Waals surface area contributed by atoms with Gasteiger partial charge in [-0.15, -0.1) is 0 Å². The molecule has 0 aliphatic rings. The van der Waals surface area contributed by atoms with Gasteiger partial charge in [-0.05, 0) is 60.2 Å². The Hall–Kier alpha value is -8.67. The quantitative estimate of drug-likeness (QED) is 0.157. The highest BCUT2D eigenvalue weighted by molar-refractivity contribution is 6.27. The Morgan fingerprint density at radius 1 is 0.344 bits per heavy atom. The first-order chi connectivity index (χ1) is 31.7. The lowest BCUT2D eigenvalue weighted by Crippen LogP contribution is -1.98. The third-order valence-electron chi connectivity index (χ3n) is 12.6. The van der Waals surface area contributed by atoms with Crippen molar-refractivity contribution in [3.63, 3.8) is 0 Å². The molecule has 0 aliphatic carbocycles. The summed E-state index contributed by atoms with van der Waals surface area (Å²) in [6, 6.07) is 76.5. The molecule has 4 heterocycles. The van der Waals surface area contributed by atoms with Crippen LogP contribution in [0.5, 0.6) is 0 Å². The van der Waals surface area contributed by atoms with E-state index < -0.39 is 0 Å². The highest BCUT2D eigenvalue weighted by Crippen LogP contribution is 2.46. The number of hydrogen-bond donors (Lipinski definition) is 0. The molecule has 64 heavy (non-hydrogen) atoms. The lowest BCUT2D eigenvalue weighted by Gasteiger charge is -2.16. The Labute approximate surface area is 368 Å². The number of fused-ring (bicyclic) bond motifs is 9. The van der Waals surface area contributed by atoms with Gasteiger partial charge < -0.3 is 8.98 Å². The predicted octanol–water partition coefficient (Wildman–Crippen LogP) is 15.5. The summed E-state index contributed by atoms with van der Waals surface area (Å²) in [7, 11) is 0. The molecule has 0 saturated heterocycles. The molecule has 0 unspecified atom stereocenters. The minimum atomic E-state index is 0.638. The molecule has 298 valence electrons. The second kappa shape index (κ2) is 14.5. The first-order valence-corrected chi connectivity index (χ1v) is 21.6. The normalized spacial score (nSPS) is 11.8. The molecule has 0 saturated carbocycles. The van der Waals surface area contributed by atoms with Crippen LogP contribution in [0.4, 0.5) is 0 Å². The minimum Gasteiger partial charge on any atom is -0.456 e. The topological polar surface area (TPSA) is 56.7 Å². The lowest BCUT2D eigenvalue weighted by molar-refractivity contribution is 0.669. The number of pyridine rings is 1. The third kappa shape index (κ3) is 5.75. The molecule has 0 amide bonds. The molecule has 13 rings (SSSR count). The van der Waals surface area contributed by atoms with E-state index in [-0.39, 0.29) is 0 Å². The van der Waals surface area contributed by atoms with E-state index in [1.165, 1.54) is 21.8 Å². The fraction of sp³-hybridized carbons (Fsp3) is 0. The molecule has 0 N–H and O–H groups in total. The van der Waals surface area contributed by atoms with Gasteiger partial charge in [0, 0.05) is 71.2 Å². The van der Waals surface area contributed by atoms with Crippen LogP contribution in [-0.2, 0) is 0 Å². The van der Waals surface area contributed by atoms with E-state index in [2.05, 4.69) is 205 Å². The molecular formula is C59H36N4O. The van der Waals surface area contributed by atoms with E-state index in [4.69, 9.17) is 19.4 Å². The predicted molar refractivity (Wildman–Crippen MR) is 264 cm³/mol.